The van der Waals surface area contributed by atoms with E-state index in [4.69, 9.17) is 10.2 Å². The van der Waals surface area contributed by atoms with E-state index in [1.165, 1.54) is 0 Å². The van der Waals surface area contributed by atoms with E-state index in [1.54, 1.807) is 0 Å². The monoisotopic (exact) mass is 169 g/mol. The first-order valence-electron chi connectivity index (χ1n) is 4.02. The average Bonchev–Trinajstić information content (AvgIpc) is 2.83. The maximum Gasteiger partial charge on any atom is 0.246 e. The van der Waals surface area contributed by atoms with Gasteiger partial charge in [-0.05, 0) is 12.8 Å². The third kappa shape index (κ3) is 1.33. The third-order valence-electron chi connectivity index (χ3n) is 1.89. The topological polar surface area (TPSA) is 85.2 Å². The molecule has 1 unspecified atom stereocenters. The molecule has 66 valence electrons. The largest absolute Gasteiger partial charge is 0.422 e. The molecule has 1 aromatic heterocycles. The molecule has 0 spiro atoms. The van der Waals surface area contributed by atoms with Crippen LogP contribution in [-0.2, 0) is 0 Å². The smallest absolute Gasteiger partial charge is 0.246 e. The number of hydrogen-bond acceptors (Lipinski definition) is 5. The first kappa shape index (κ1) is 7.70. The molecule has 1 saturated carbocycles. The Morgan fingerprint density at radius 1 is 1.58 bits per heavy atom. The van der Waals surface area contributed by atoms with Crippen molar-refractivity contribution in [2.75, 3.05) is 6.54 Å². The van der Waals surface area contributed by atoms with Crippen LogP contribution in [0.4, 0.5) is 0 Å². The van der Waals surface area contributed by atoms with Crippen LogP contribution in [0.3, 0.4) is 0 Å². The van der Waals surface area contributed by atoms with Crippen molar-refractivity contribution in [2.45, 2.75) is 24.9 Å². The minimum atomic E-state index is -0.815. The molecule has 0 aliphatic heterocycles. The molecule has 5 nitrogen and oxygen atoms in total. The zero-order chi connectivity index (χ0) is 8.55. The molecule has 0 saturated heterocycles. The first-order valence-corrected chi connectivity index (χ1v) is 4.02. The predicted octanol–water partition coefficient (Wildman–Crippen LogP) is -0.0609. The fraction of sp³-hybridized carbons (Fsp3) is 0.714. The highest BCUT2D eigenvalue weighted by Crippen LogP contribution is 2.39. The van der Waals surface area contributed by atoms with E-state index >= 15 is 0 Å². The van der Waals surface area contributed by atoms with E-state index < -0.39 is 6.10 Å². The molecule has 1 aromatic rings. The van der Waals surface area contributed by atoms with Gasteiger partial charge in [-0.25, -0.2) is 0 Å². The van der Waals surface area contributed by atoms with Crippen molar-refractivity contribution in [1.29, 1.82) is 0 Å². The second kappa shape index (κ2) is 2.84. The van der Waals surface area contributed by atoms with Crippen LogP contribution in [0.25, 0.3) is 0 Å². The lowest BCUT2D eigenvalue weighted by Gasteiger charge is -1.98. The van der Waals surface area contributed by atoms with Crippen LogP contribution in [0.15, 0.2) is 4.42 Å². The predicted molar refractivity (Wildman–Crippen MR) is 40.3 cm³/mol. The molecule has 1 aliphatic carbocycles. The highest BCUT2D eigenvalue weighted by molar-refractivity contribution is 5.00. The summed E-state index contributed by atoms with van der Waals surface area (Å²) in [5, 5.41) is 16.7. The zero-order valence-corrected chi connectivity index (χ0v) is 6.60. The summed E-state index contributed by atoms with van der Waals surface area (Å²) < 4.78 is 5.21. The van der Waals surface area contributed by atoms with E-state index in [9.17, 15) is 5.11 Å². The summed E-state index contributed by atoms with van der Waals surface area (Å²) in [6.45, 7) is 0.117. The Kier molecular flexibility index (Phi) is 1.82. The quantitative estimate of drug-likeness (QED) is 0.662. The van der Waals surface area contributed by atoms with Gasteiger partial charge in [-0.2, -0.15) is 0 Å². The lowest BCUT2D eigenvalue weighted by Crippen LogP contribution is -2.11. The Hall–Kier alpha value is -0.940. The number of hydrogen-bond donors (Lipinski definition) is 2. The van der Waals surface area contributed by atoms with Gasteiger partial charge in [0.25, 0.3) is 0 Å². The fourth-order valence-electron chi connectivity index (χ4n) is 0.977. The van der Waals surface area contributed by atoms with Gasteiger partial charge < -0.3 is 15.3 Å². The van der Waals surface area contributed by atoms with Gasteiger partial charge in [0.2, 0.25) is 11.8 Å². The first-order chi connectivity index (χ1) is 5.81. The van der Waals surface area contributed by atoms with Crippen LogP contribution >= 0.6 is 0 Å². The Balaban J connectivity index is 2.12. The molecule has 12 heavy (non-hydrogen) atoms. The average molecular weight is 169 g/mol. The van der Waals surface area contributed by atoms with Crippen LogP contribution in [0.1, 0.15) is 36.6 Å². The number of aliphatic hydroxyl groups is 1. The fourth-order valence-corrected chi connectivity index (χ4v) is 0.977. The van der Waals surface area contributed by atoms with Gasteiger partial charge in [0.15, 0.2) is 0 Å². The third-order valence-corrected chi connectivity index (χ3v) is 1.89. The van der Waals surface area contributed by atoms with E-state index in [0.29, 0.717) is 11.8 Å². The summed E-state index contributed by atoms with van der Waals surface area (Å²) in [4.78, 5) is 0. The lowest BCUT2D eigenvalue weighted by atomic mass is 10.4. The Morgan fingerprint density at radius 2 is 2.33 bits per heavy atom. The van der Waals surface area contributed by atoms with Crippen molar-refractivity contribution >= 4 is 0 Å². The molecule has 0 bridgehead atoms. The lowest BCUT2D eigenvalue weighted by molar-refractivity contribution is 0.149. The van der Waals surface area contributed by atoms with Gasteiger partial charge in [-0.15, -0.1) is 10.2 Å². The molecule has 3 N–H and O–H groups in total. The molecular formula is C7H11N3O2. The van der Waals surface area contributed by atoms with E-state index in [0.717, 1.165) is 12.8 Å². The number of aliphatic hydroxyl groups excluding tert-OH is 1. The second-order valence-electron chi connectivity index (χ2n) is 3.00. The van der Waals surface area contributed by atoms with Crippen molar-refractivity contribution in [3.63, 3.8) is 0 Å². The van der Waals surface area contributed by atoms with Crippen LogP contribution in [-0.4, -0.2) is 21.8 Å². The van der Waals surface area contributed by atoms with E-state index in [1.807, 2.05) is 0 Å². The van der Waals surface area contributed by atoms with E-state index in [-0.39, 0.29) is 12.4 Å². The summed E-state index contributed by atoms with van der Waals surface area (Å²) in [5.74, 6) is 1.30. The van der Waals surface area contributed by atoms with Gasteiger partial charge in [-0.1, -0.05) is 0 Å². The van der Waals surface area contributed by atoms with Crippen molar-refractivity contribution in [2.24, 2.45) is 5.73 Å². The molecule has 2 rings (SSSR count). The molecule has 0 amide bonds. The van der Waals surface area contributed by atoms with Gasteiger partial charge >= 0.3 is 0 Å². The second-order valence-corrected chi connectivity index (χ2v) is 3.00. The minimum absolute atomic E-state index is 0.117. The summed E-state index contributed by atoms with van der Waals surface area (Å²) in [6.07, 6.45) is 1.41. The number of aromatic nitrogens is 2. The summed E-state index contributed by atoms with van der Waals surface area (Å²) in [6, 6.07) is 0. The standard InChI is InChI=1S/C7H11N3O2/c8-3-5(11)7-10-9-6(12-7)4-1-2-4/h4-5,11H,1-3,8H2. The van der Waals surface area contributed by atoms with Gasteiger partial charge in [0.1, 0.15) is 6.10 Å². The van der Waals surface area contributed by atoms with Crippen molar-refractivity contribution in [3.8, 4) is 0 Å². The summed E-state index contributed by atoms with van der Waals surface area (Å²) >= 11 is 0. The van der Waals surface area contributed by atoms with Gasteiger partial charge in [-0.3, -0.25) is 0 Å². The Bertz CT molecular complexity index is 269. The maximum atomic E-state index is 9.22. The molecule has 1 atom stereocenters. The molecular weight excluding hydrogens is 158 g/mol. The normalized spacial score (nSPS) is 19.5. The van der Waals surface area contributed by atoms with Crippen molar-refractivity contribution in [1.82, 2.24) is 10.2 Å². The highest BCUT2D eigenvalue weighted by Gasteiger charge is 2.30. The molecule has 5 heteroatoms. The summed E-state index contributed by atoms with van der Waals surface area (Å²) in [5.41, 5.74) is 5.23. The molecule has 1 heterocycles. The Morgan fingerprint density at radius 3 is 2.92 bits per heavy atom. The van der Waals surface area contributed by atoms with Crippen LogP contribution in [0.2, 0.25) is 0 Å². The summed E-state index contributed by atoms with van der Waals surface area (Å²) in [7, 11) is 0. The van der Waals surface area contributed by atoms with Crippen molar-refractivity contribution in [3.05, 3.63) is 11.8 Å². The number of nitrogens with zero attached hydrogens (tertiary/aromatic N) is 2. The minimum Gasteiger partial charge on any atom is -0.422 e. The molecule has 1 aliphatic rings. The zero-order valence-electron chi connectivity index (χ0n) is 6.60. The molecule has 0 radical (unpaired) electrons. The SMILES string of the molecule is NCC(O)c1nnc(C2CC2)o1. The van der Waals surface area contributed by atoms with Gasteiger partial charge in [0.05, 0.1) is 0 Å². The molecule has 0 aromatic carbocycles. The highest BCUT2D eigenvalue weighted by atomic mass is 16.4. The number of rotatable bonds is 3. The molecule has 1 fully saturated rings. The van der Waals surface area contributed by atoms with Gasteiger partial charge in [0, 0.05) is 12.5 Å². The Labute approximate surface area is 69.6 Å². The maximum absolute atomic E-state index is 9.22. The van der Waals surface area contributed by atoms with Crippen molar-refractivity contribution < 1.29 is 9.52 Å². The van der Waals surface area contributed by atoms with Crippen LogP contribution < -0.4 is 5.73 Å². The van der Waals surface area contributed by atoms with E-state index in [2.05, 4.69) is 10.2 Å². The van der Waals surface area contributed by atoms with Crippen LogP contribution in [0.5, 0.6) is 0 Å². The van der Waals surface area contributed by atoms with Crippen LogP contribution in [0, 0.1) is 0 Å². The number of nitrogens with two attached hydrogens (primary N) is 1.